The van der Waals surface area contributed by atoms with E-state index in [4.69, 9.17) is 4.74 Å². The molecule has 0 heterocycles. The van der Waals surface area contributed by atoms with E-state index in [1.165, 1.54) is 26.2 Å². The molecule has 0 spiro atoms. The summed E-state index contributed by atoms with van der Waals surface area (Å²) in [4.78, 5) is 11.2. The van der Waals surface area contributed by atoms with E-state index in [-0.39, 0.29) is 16.9 Å². The maximum atomic E-state index is 12.5. The van der Waals surface area contributed by atoms with Crippen LogP contribution in [0, 0.1) is 3.57 Å². The zero-order valence-corrected chi connectivity index (χ0v) is 10.3. The van der Waals surface area contributed by atoms with Gasteiger partial charge in [-0.25, -0.2) is 8.78 Å². The molecule has 0 saturated heterocycles. The van der Waals surface area contributed by atoms with Gasteiger partial charge in [0, 0.05) is 11.1 Å². The molecule has 0 aliphatic rings. The zero-order valence-electron chi connectivity index (χ0n) is 8.18. The van der Waals surface area contributed by atoms with Crippen LogP contribution < -0.4 is 4.74 Å². The molecule has 1 rings (SSSR count). The topological polar surface area (TPSA) is 26.3 Å². The summed E-state index contributed by atoms with van der Waals surface area (Å²) in [7, 11) is 1.39. The number of benzene rings is 1. The number of Topliss-reactive ketones (excluding diaryl/α,β-unsaturated/α-hetero) is 1. The number of alkyl halides is 2. The first kappa shape index (κ1) is 12.4. The van der Waals surface area contributed by atoms with Crippen molar-refractivity contribution < 1.29 is 18.3 Å². The summed E-state index contributed by atoms with van der Waals surface area (Å²) in [6, 6.07) is 2.45. The van der Waals surface area contributed by atoms with Crippen molar-refractivity contribution in [2.24, 2.45) is 0 Å². The fourth-order valence-corrected chi connectivity index (χ4v) is 2.06. The quantitative estimate of drug-likeness (QED) is 0.628. The van der Waals surface area contributed by atoms with E-state index in [0.29, 0.717) is 9.32 Å². The Morgan fingerprint density at radius 1 is 1.47 bits per heavy atom. The van der Waals surface area contributed by atoms with Gasteiger partial charge in [-0.15, -0.1) is 0 Å². The molecule has 0 atom stereocenters. The standard InChI is InChI=1S/C10H9F2IO2/c1-5(14)7-3-6(10(11)12)4-8(15-2)9(7)13/h3-4,10H,1-2H3. The van der Waals surface area contributed by atoms with E-state index in [9.17, 15) is 13.6 Å². The molecule has 0 unspecified atom stereocenters. The van der Waals surface area contributed by atoms with Gasteiger partial charge in [-0.2, -0.15) is 0 Å². The van der Waals surface area contributed by atoms with E-state index in [1.807, 2.05) is 22.6 Å². The van der Waals surface area contributed by atoms with Gasteiger partial charge in [-0.1, -0.05) is 0 Å². The first-order chi connectivity index (χ1) is 6.97. The van der Waals surface area contributed by atoms with Crippen LogP contribution in [0.4, 0.5) is 8.78 Å². The minimum absolute atomic E-state index is 0.197. The number of ether oxygens (including phenoxy) is 1. The van der Waals surface area contributed by atoms with Crippen LogP contribution in [-0.4, -0.2) is 12.9 Å². The molecule has 1 aromatic rings. The van der Waals surface area contributed by atoms with Crippen molar-refractivity contribution in [3.8, 4) is 5.75 Å². The molecule has 82 valence electrons. The lowest BCUT2D eigenvalue weighted by molar-refractivity contribution is 0.101. The molecule has 15 heavy (non-hydrogen) atoms. The van der Waals surface area contributed by atoms with Gasteiger partial charge in [0.15, 0.2) is 5.78 Å². The number of carbonyl (C=O) groups excluding carboxylic acids is 1. The Morgan fingerprint density at radius 3 is 2.47 bits per heavy atom. The third-order valence-corrected chi connectivity index (χ3v) is 3.03. The number of hydrogen-bond donors (Lipinski definition) is 0. The van der Waals surface area contributed by atoms with Crippen LogP contribution in [0.3, 0.4) is 0 Å². The molecule has 0 aliphatic heterocycles. The van der Waals surface area contributed by atoms with Crippen LogP contribution in [0.25, 0.3) is 0 Å². The van der Waals surface area contributed by atoms with Crippen molar-refractivity contribution in [3.05, 3.63) is 26.8 Å². The summed E-state index contributed by atoms with van der Waals surface area (Å²) < 4.78 is 30.5. The number of ketones is 1. The normalized spacial score (nSPS) is 10.5. The van der Waals surface area contributed by atoms with Gasteiger partial charge in [0.2, 0.25) is 0 Å². The lowest BCUT2D eigenvalue weighted by Gasteiger charge is -2.10. The van der Waals surface area contributed by atoms with Crippen molar-refractivity contribution >= 4 is 28.4 Å². The smallest absolute Gasteiger partial charge is 0.264 e. The average molecular weight is 326 g/mol. The molecule has 0 amide bonds. The third-order valence-electron chi connectivity index (χ3n) is 1.91. The van der Waals surface area contributed by atoms with Crippen LogP contribution in [0.5, 0.6) is 5.75 Å². The zero-order chi connectivity index (χ0) is 11.6. The minimum atomic E-state index is -2.60. The molecule has 0 bridgehead atoms. The first-order valence-electron chi connectivity index (χ1n) is 4.14. The maximum absolute atomic E-state index is 12.5. The Morgan fingerprint density at radius 2 is 2.07 bits per heavy atom. The highest BCUT2D eigenvalue weighted by Gasteiger charge is 2.16. The van der Waals surface area contributed by atoms with Crippen molar-refractivity contribution in [1.82, 2.24) is 0 Å². The second-order valence-electron chi connectivity index (χ2n) is 2.94. The molecule has 1 aromatic carbocycles. The van der Waals surface area contributed by atoms with Crippen LogP contribution in [0.15, 0.2) is 12.1 Å². The summed E-state index contributed by atoms with van der Waals surface area (Å²) in [6.07, 6.45) is -2.60. The Kier molecular flexibility index (Phi) is 4.01. The second kappa shape index (κ2) is 4.87. The van der Waals surface area contributed by atoms with Gasteiger partial charge in [0.1, 0.15) is 5.75 Å². The molecule has 2 nitrogen and oxygen atoms in total. The van der Waals surface area contributed by atoms with Gasteiger partial charge in [-0.3, -0.25) is 4.79 Å². The fourth-order valence-electron chi connectivity index (χ4n) is 1.15. The second-order valence-corrected chi connectivity index (χ2v) is 4.02. The monoisotopic (exact) mass is 326 g/mol. The van der Waals surface area contributed by atoms with Gasteiger partial charge < -0.3 is 4.74 Å². The van der Waals surface area contributed by atoms with Crippen LogP contribution in [0.2, 0.25) is 0 Å². The van der Waals surface area contributed by atoms with Gasteiger partial charge in [0.05, 0.1) is 10.7 Å². The summed E-state index contributed by atoms with van der Waals surface area (Å²) in [5.74, 6) is 0.0544. The third kappa shape index (κ3) is 2.64. The molecule has 0 N–H and O–H groups in total. The molecular formula is C10H9F2IO2. The largest absolute Gasteiger partial charge is 0.496 e. The number of halogens is 3. The SMILES string of the molecule is COc1cc(C(F)F)cc(C(C)=O)c1I. The van der Waals surface area contributed by atoms with Crippen LogP contribution in [-0.2, 0) is 0 Å². The minimum Gasteiger partial charge on any atom is -0.496 e. The van der Waals surface area contributed by atoms with Gasteiger partial charge in [-0.05, 0) is 41.6 Å². The van der Waals surface area contributed by atoms with Crippen molar-refractivity contribution in [1.29, 1.82) is 0 Å². The van der Waals surface area contributed by atoms with E-state index in [0.717, 1.165) is 0 Å². The van der Waals surface area contributed by atoms with Gasteiger partial charge >= 0.3 is 0 Å². The Labute approximate surface area is 99.8 Å². The Balaban J connectivity index is 3.38. The molecule has 0 radical (unpaired) electrons. The Bertz CT molecular complexity index is 391. The first-order valence-corrected chi connectivity index (χ1v) is 5.21. The number of rotatable bonds is 3. The highest BCUT2D eigenvalue weighted by Crippen LogP contribution is 2.31. The molecule has 0 fully saturated rings. The van der Waals surface area contributed by atoms with Gasteiger partial charge in [0.25, 0.3) is 6.43 Å². The Hall–Kier alpha value is -0.720. The lowest BCUT2D eigenvalue weighted by Crippen LogP contribution is -2.01. The van der Waals surface area contributed by atoms with E-state index in [1.54, 1.807) is 0 Å². The average Bonchev–Trinajstić information content (AvgIpc) is 2.17. The van der Waals surface area contributed by atoms with Crippen molar-refractivity contribution in [3.63, 3.8) is 0 Å². The van der Waals surface area contributed by atoms with E-state index in [2.05, 4.69) is 0 Å². The molecular weight excluding hydrogens is 317 g/mol. The summed E-state index contributed by atoms with van der Waals surface area (Å²) in [6.45, 7) is 1.34. The number of carbonyl (C=O) groups is 1. The fraction of sp³-hybridized carbons (Fsp3) is 0.300. The molecule has 5 heteroatoms. The van der Waals surface area contributed by atoms with Crippen LogP contribution in [0.1, 0.15) is 29.3 Å². The predicted molar refractivity (Wildman–Crippen MR) is 60.7 cm³/mol. The summed E-state index contributed by atoms with van der Waals surface area (Å²) in [5.41, 5.74) is 0.0720. The highest BCUT2D eigenvalue weighted by molar-refractivity contribution is 14.1. The molecule has 0 saturated carbocycles. The lowest BCUT2D eigenvalue weighted by atomic mass is 10.1. The summed E-state index contributed by atoms with van der Waals surface area (Å²) >= 11 is 1.91. The number of methoxy groups -OCH3 is 1. The summed E-state index contributed by atoms with van der Waals surface area (Å²) in [5, 5.41) is 0. The maximum Gasteiger partial charge on any atom is 0.264 e. The predicted octanol–water partition coefficient (Wildman–Crippen LogP) is 3.44. The van der Waals surface area contributed by atoms with Crippen LogP contribution >= 0.6 is 22.6 Å². The number of hydrogen-bond acceptors (Lipinski definition) is 2. The van der Waals surface area contributed by atoms with E-state index < -0.39 is 6.43 Å². The highest BCUT2D eigenvalue weighted by atomic mass is 127. The molecule has 0 aromatic heterocycles. The van der Waals surface area contributed by atoms with E-state index >= 15 is 0 Å². The van der Waals surface area contributed by atoms with Crippen molar-refractivity contribution in [2.75, 3.05) is 7.11 Å². The van der Waals surface area contributed by atoms with Crippen molar-refractivity contribution in [2.45, 2.75) is 13.3 Å². The molecule has 0 aliphatic carbocycles.